The molecule has 0 heterocycles. The van der Waals surface area contributed by atoms with Crippen LogP contribution in [0.15, 0.2) is 0 Å². The minimum atomic E-state index is -4.96. The largest absolute Gasteiger partial charge is 0.472 e. The minimum Gasteiger partial charge on any atom is -0.462 e. The van der Waals surface area contributed by atoms with Crippen molar-refractivity contribution in [2.45, 2.75) is 464 Å². The SMILES string of the molecule is CCCCCCCCCCCCCCCCCCCCCCCCC(=O)O[C@H](COC(=O)CCCCCCCCCCCCCCCCCCC(C)C)COP(=O)(O)OC[C@@H](O)COP(=O)(O)OC[C@@H](COC(=O)CCCCCCCCCCCC)OC(=O)CCCCCCCCCCCCC. The van der Waals surface area contributed by atoms with E-state index in [0.717, 1.165) is 95.8 Å². The Bertz CT molecular complexity index is 1940. The molecule has 17 nitrogen and oxygen atoms in total. The smallest absolute Gasteiger partial charge is 0.462 e. The Hall–Kier alpha value is -1.94. The molecule has 2 unspecified atom stereocenters. The third kappa shape index (κ3) is 76.3. The van der Waals surface area contributed by atoms with Crippen LogP contribution < -0.4 is 0 Å². The highest BCUT2D eigenvalue weighted by molar-refractivity contribution is 7.47. The molecule has 0 saturated carbocycles. The lowest BCUT2D eigenvalue weighted by atomic mass is 10.0. The topological polar surface area (TPSA) is 237 Å². The third-order valence-electron chi connectivity index (χ3n) is 19.5. The molecule has 0 aliphatic heterocycles. The van der Waals surface area contributed by atoms with Gasteiger partial charge in [-0.15, -0.1) is 0 Å². The number of phosphoric acid groups is 2. The van der Waals surface area contributed by atoms with E-state index >= 15 is 0 Å². The quantitative estimate of drug-likeness (QED) is 0.0222. The summed E-state index contributed by atoms with van der Waals surface area (Å²) in [7, 11) is -9.92. The van der Waals surface area contributed by atoms with Crippen LogP contribution in [0.25, 0.3) is 0 Å². The van der Waals surface area contributed by atoms with Crippen molar-refractivity contribution in [2.24, 2.45) is 5.92 Å². The van der Waals surface area contributed by atoms with Gasteiger partial charge in [0.1, 0.15) is 19.3 Å². The van der Waals surface area contributed by atoms with Crippen molar-refractivity contribution in [2.75, 3.05) is 39.6 Å². The number of esters is 4. The molecule has 0 amide bonds. The predicted octanol–water partition coefficient (Wildman–Crippen LogP) is 25.2. The fourth-order valence-electron chi connectivity index (χ4n) is 12.9. The second-order valence-corrected chi connectivity index (χ2v) is 33.3. The number of phosphoric ester groups is 2. The van der Waals surface area contributed by atoms with Crippen LogP contribution in [0.2, 0.25) is 0 Å². The normalized spacial score (nSPS) is 13.8. The predicted molar refractivity (Wildman–Crippen MR) is 418 cm³/mol. The molecule has 0 rings (SSSR count). The van der Waals surface area contributed by atoms with E-state index in [1.165, 1.54) is 270 Å². The zero-order chi connectivity index (χ0) is 74.8. The summed E-state index contributed by atoms with van der Waals surface area (Å²) in [6.45, 7) is 7.35. The van der Waals surface area contributed by atoms with Crippen LogP contribution >= 0.6 is 15.6 Å². The fourth-order valence-corrected chi connectivity index (χ4v) is 14.5. The van der Waals surface area contributed by atoms with Gasteiger partial charge in [0.15, 0.2) is 12.2 Å². The van der Waals surface area contributed by atoms with Gasteiger partial charge in [-0.05, 0) is 31.6 Å². The molecule has 0 aliphatic rings. The Morgan fingerprint density at radius 3 is 0.667 bits per heavy atom. The maximum atomic E-state index is 13.1. The summed E-state index contributed by atoms with van der Waals surface area (Å²) in [5.41, 5.74) is 0. The highest BCUT2D eigenvalue weighted by atomic mass is 31.2. The number of carbonyl (C=O) groups excluding carboxylic acids is 4. The molecule has 0 saturated heterocycles. The summed E-state index contributed by atoms with van der Waals surface area (Å²) in [6, 6.07) is 0. The number of aliphatic hydroxyl groups excluding tert-OH is 1. The highest BCUT2D eigenvalue weighted by Crippen LogP contribution is 2.45. The van der Waals surface area contributed by atoms with E-state index in [2.05, 4.69) is 34.6 Å². The van der Waals surface area contributed by atoms with E-state index in [1.807, 2.05) is 0 Å². The first-order valence-corrected chi connectivity index (χ1v) is 46.1. The van der Waals surface area contributed by atoms with E-state index in [0.29, 0.717) is 25.7 Å². The molecule has 3 N–H and O–H groups in total. The van der Waals surface area contributed by atoms with E-state index < -0.39 is 97.5 Å². The number of aliphatic hydroxyl groups is 1. The van der Waals surface area contributed by atoms with Gasteiger partial charge in [-0.2, -0.15) is 0 Å². The van der Waals surface area contributed by atoms with Crippen molar-refractivity contribution in [3.8, 4) is 0 Å². The average molecular weight is 1490 g/mol. The van der Waals surface area contributed by atoms with Crippen LogP contribution in [0.3, 0.4) is 0 Å². The molecule has 0 fully saturated rings. The summed E-state index contributed by atoms with van der Waals surface area (Å²) in [5.74, 6) is -1.29. The first-order valence-electron chi connectivity index (χ1n) is 43.1. The Labute approximate surface area is 626 Å². The molecule has 102 heavy (non-hydrogen) atoms. The van der Waals surface area contributed by atoms with Gasteiger partial charge in [0, 0.05) is 25.7 Å². The summed E-state index contributed by atoms with van der Waals surface area (Å²) in [6.07, 6.45) is 68.1. The molecule has 5 atom stereocenters. The fraction of sp³-hybridized carbons (Fsp3) is 0.952. The van der Waals surface area contributed by atoms with Gasteiger partial charge >= 0.3 is 39.5 Å². The zero-order valence-corrected chi connectivity index (χ0v) is 68.5. The molecule has 19 heteroatoms. The lowest BCUT2D eigenvalue weighted by Crippen LogP contribution is -2.30. The van der Waals surface area contributed by atoms with Gasteiger partial charge in [0.05, 0.1) is 26.4 Å². The summed E-state index contributed by atoms with van der Waals surface area (Å²) < 4.78 is 68.7. The number of ether oxygens (including phenoxy) is 4. The molecule has 0 spiro atoms. The van der Waals surface area contributed by atoms with Crippen LogP contribution in [0, 0.1) is 5.92 Å². The first kappa shape index (κ1) is 100. The van der Waals surface area contributed by atoms with Crippen molar-refractivity contribution >= 4 is 39.5 Å². The molecule has 0 aromatic carbocycles. The summed E-state index contributed by atoms with van der Waals surface area (Å²) in [5, 5.41) is 10.6. The average Bonchev–Trinajstić information content (AvgIpc) is 0.922. The van der Waals surface area contributed by atoms with Crippen molar-refractivity contribution in [1.82, 2.24) is 0 Å². The molecule has 0 bridgehead atoms. The van der Waals surface area contributed by atoms with Crippen LogP contribution in [-0.4, -0.2) is 96.7 Å². The molecule has 0 aromatic rings. The first-order chi connectivity index (χ1) is 49.5. The minimum absolute atomic E-state index is 0.108. The van der Waals surface area contributed by atoms with Crippen LogP contribution in [0.5, 0.6) is 0 Å². The van der Waals surface area contributed by atoms with Gasteiger partial charge in [-0.1, -0.05) is 394 Å². The summed E-state index contributed by atoms with van der Waals surface area (Å²) in [4.78, 5) is 73.0. The third-order valence-corrected chi connectivity index (χ3v) is 21.4. The second-order valence-electron chi connectivity index (χ2n) is 30.3. The Morgan fingerprint density at radius 2 is 0.451 bits per heavy atom. The van der Waals surface area contributed by atoms with Crippen molar-refractivity contribution in [3.05, 3.63) is 0 Å². The number of hydrogen-bond acceptors (Lipinski definition) is 15. The van der Waals surface area contributed by atoms with Crippen LogP contribution in [0.1, 0.15) is 446 Å². The molecular weight excluding hydrogens is 1330 g/mol. The van der Waals surface area contributed by atoms with Crippen molar-refractivity contribution in [3.63, 3.8) is 0 Å². The number of carbonyl (C=O) groups is 4. The van der Waals surface area contributed by atoms with Gasteiger partial charge in [-0.3, -0.25) is 37.3 Å². The van der Waals surface area contributed by atoms with Crippen LogP contribution in [-0.2, 0) is 65.4 Å². The Kier molecular flexibility index (Phi) is 74.4. The van der Waals surface area contributed by atoms with Crippen molar-refractivity contribution < 1.29 is 80.2 Å². The molecule has 0 radical (unpaired) electrons. The molecule has 0 aromatic heterocycles. The van der Waals surface area contributed by atoms with E-state index in [4.69, 9.17) is 37.0 Å². The second kappa shape index (κ2) is 75.9. The lowest BCUT2D eigenvalue weighted by molar-refractivity contribution is -0.161. The monoisotopic (exact) mass is 1490 g/mol. The van der Waals surface area contributed by atoms with Crippen LogP contribution in [0.4, 0.5) is 0 Å². The van der Waals surface area contributed by atoms with Crippen molar-refractivity contribution in [1.29, 1.82) is 0 Å². The lowest BCUT2D eigenvalue weighted by Gasteiger charge is -2.21. The number of unbranched alkanes of at least 4 members (excludes halogenated alkanes) is 55. The van der Waals surface area contributed by atoms with Gasteiger partial charge in [-0.25, -0.2) is 9.13 Å². The Balaban J connectivity index is 5.18. The van der Waals surface area contributed by atoms with E-state index in [9.17, 15) is 43.2 Å². The van der Waals surface area contributed by atoms with Gasteiger partial charge in [0.25, 0.3) is 0 Å². The maximum absolute atomic E-state index is 13.1. The number of hydrogen-bond donors (Lipinski definition) is 3. The molecule has 0 aliphatic carbocycles. The Morgan fingerprint density at radius 1 is 0.265 bits per heavy atom. The van der Waals surface area contributed by atoms with E-state index in [-0.39, 0.29) is 25.7 Å². The zero-order valence-electron chi connectivity index (χ0n) is 66.8. The van der Waals surface area contributed by atoms with Gasteiger partial charge in [0.2, 0.25) is 0 Å². The maximum Gasteiger partial charge on any atom is 0.472 e. The standard InChI is InChI=1S/C83H162O17P2/c1-6-9-12-15-18-21-24-25-26-27-28-29-30-31-32-37-40-44-49-54-59-64-69-83(88)100-79(73-94-81(86)67-62-57-52-47-43-39-36-34-33-35-38-42-45-50-55-60-65-76(4)5)75-98-102(91,92)96-71-77(84)70-95-101(89,90)97-74-78(72-93-80(85)66-61-56-51-46-23-20-17-14-11-8-3)99-82(87)68-63-58-53-48-41-22-19-16-13-10-7-2/h76-79,84H,6-75H2,1-5H3,(H,89,90)(H,91,92)/t77-,78+,79+/m0/s1. The van der Waals surface area contributed by atoms with E-state index in [1.54, 1.807) is 0 Å². The molecule has 606 valence electrons. The number of rotatable bonds is 83. The van der Waals surface area contributed by atoms with Gasteiger partial charge < -0.3 is 33.8 Å². The highest BCUT2D eigenvalue weighted by Gasteiger charge is 2.30. The molecular formula is C83H162O17P2. The summed E-state index contributed by atoms with van der Waals surface area (Å²) >= 11 is 0.